The van der Waals surface area contributed by atoms with Gasteiger partial charge in [0.05, 0.1) is 11.4 Å². The molecule has 31 heavy (non-hydrogen) atoms. The number of nitrogens with one attached hydrogen (secondary N) is 1. The molecule has 0 fully saturated rings. The number of amides is 2. The molecule has 0 aromatic heterocycles. The number of fused-ring (bicyclic) bond motifs is 3. The summed E-state index contributed by atoms with van der Waals surface area (Å²) in [5.74, 6) is 0.933. The summed E-state index contributed by atoms with van der Waals surface area (Å²) < 4.78 is 0. The van der Waals surface area contributed by atoms with Gasteiger partial charge in [-0.25, -0.2) is 9.89 Å². The largest absolute Gasteiger partial charge is 0.325 e. The van der Waals surface area contributed by atoms with Crippen LogP contribution in [0.25, 0.3) is 0 Å². The van der Waals surface area contributed by atoms with Crippen molar-refractivity contribution < 1.29 is 9.59 Å². The standard InChI is InChI=1S/C24H26N4O2S/c1-14(2)11-20-23(30)28-22(26-20)18-7-5-6-8-19(18)27-24(28)31-13-21(29)25-17-10-9-15(3)16(4)12-17/h5-10,12,14,20H,11,13H2,1-4H3,(H,25,29)/t20-/m0/s1. The molecule has 0 radical (unpaired) electrons. The van der Waals surface area contributed by atoms with Crippen molar-refractivity contribution in [1.29, 1.82) is 0 Å². The van der Waals surface area contributed by atoms with Crippen molar-refractivity contribution >= 4 is 46.0 Å². The summed E-state index contributed by atoms with van der Waals surface area (Å²) in [4.78, 5) is 36.7. The summed E-state index contributed by atoms with van der Waals surface area (Å²) in [6.07, 6.45) is 0.687. The molecule has 2 aliphatic heterocycles. The molecule has 6 nitrogen and oxygen atoms in total. The van der Waals surface area contributed by atoms with Crippen LogP contribution in [0.15, 0.2) is 52.4 Å². The van der Waals surface area contributed by atoms with Crippen molar-refractivity contribution in [2.75, 3.05) is 11.1 Å². The number of aliphatic imine (C=N–C) groups is 2. The van der Waals surface area contributed by atoms with Crippen LogP contribution in [0, 0.1) is 19.8 Å². The Morgan fingerprint density at radius 2 is 1.94 bits per heavy atom. The minimum Gasteiger partial charge on any atom is -0.325 e. The number of hydrogen-bond acceptors (Lipinski definition) is 5. The molecule has 0 spiro atoms. The first-order chi connectivity index (χ1) is 14.8. The van der Waals surface area contributed by atoms with Gasteiger partial charge in [-0.2, -0.15) is 0 Å². The van der Waals surface area contributed by atoms with Gasteiger partial charge in [0, 0.05) is 11.3 Å². The average Bonchev–Trinajstić information content (AvgIpc) is 3.05. The number of thioether (sulfide) groups is 1. The van der Waals surface area contributed by atoms with Gasteiger partial charge in [0.25, 0.3) is 5.91 Å². The molecule has 4 rings (SSSR count). The van der Waals surface area contributed by atoms with Gasteiger partial charge in [-0.05, 0) is 61.6 Å². The Kier molecular flexibility index (Phi) is 5.96. The third-order valence-corrected chi connectivity index (χ3v) is 6.30. The predicted molar refractivity (Wildman–Crippen MR) is 127 cm³/mol. The van der Waals surface area contributed by atoms with Crippen LogP contribution in [0.2, 0.25) is 0 Å². The smallest absolute Gasteiger partial charge is 0.259 e. The van der Waals surface area contributed by atoms with Gasteiger partial charge in [0.2, 0.25) is 5.91 Å². The van der Waals surface area contributed by atoms with E-state index in [0.717, 1.165) is 22.5 Å². The van der Waals surface area contributed by atoms with Crippen LogP contribution in [-0.2, 0) is 9.59 Å². The molecule has 1 atom stereocenters. The van der Waals surface area contributed by atoms with Crippen LogP contribution in [0.3, 0.4) is 0 Å². The molecule has 1 N–H and O–H groups in total. The topological polar surface area (TPSA) is 74.1 Å². The van der Waals surface area contributed by atoms with Crippen LogP contribution in [0.1, 0.15) is 37.0 Å². The number of amidine groups is 2. The minimum atomic E-state index is -0.406. The molecule has 0 bridgehead atoms. The van der Waals surface area contributed by atoms with Gasteiger partial charge in [-0.1, -0.05) is 43.8 Å². The fourth-order valence-electron chi connectivity index (χ4n) is 3.65. The number of benzene rings is 2. The quantitative estimate of drug-likeness (QED) is 0.742. The Hall–Kier alpha value is -2.93. The fourth-order valence-corrected chi connectivity index (χ4v) is 4.45. The summed E-state index contributed by atoms with van der Waals surface area (Å²) in [5, 5.41) is 3.43. The average molecular weight is 435 g/mol. The number of nitrogens with zero attached hydrogens (tertiary/aromatic N) is 3. The first-order valence-electron chi connectivity index (χ1n) is 10.4. The summed E-state index contributed by atoms with van der Waals surface area (Å²) >= 11 is 1.26. The molecule has 0 saturated heterocycles. The lowest BCUT2D eigenvalue weighted by atomic mass is 10.0. The van der Waals surface area contributed by atoms with E-state index in [9.17, 15) is 9.59 Å². The Labute approximate surface area is 186 Å². The van der Waals surface area contributed by atoms with Gasteiger partial charge in [-0.15, -0.1) is 0 Å². The summed E-state index contributed by atoms with van der Waals surface area (Å²) in [6.45, 7) is 8.22. The highest BCUT2D eigenvalue weighted by molar-refractivity contribution is 8.14. The summed E-state index contributed by atoms with van der Waals surface area (Å²) in [6, 6.07) is 13.1. The zero-order valence-corrected chi connectivity index (χ0v) is 19.0. The maximum Gasteiger partial charge on any atom is 0.259 e. The highest BCUT2D eigenvalue weighted by Crippen LogP contribution is 2.34. The first kappa shape index (κ1) is 21.3. The summed E-state index contributed by atoms with van der Waals surface area (Å²) in [5.41, 5.74) is 4.69. The number of rotatable bonds is 5. The lowest BCUT2D eigenvalue weighted by Crippen LogP contribution is -2.41. The van der Waals surface area contributed by atoms with E-state index >= 15 is 0 Å². The molecule has 0 aliphatic carbocycles. The van der Waals surface area contributed by atoms with Gasteiger partial charge >= 0.3 is 0 Å². The first-order valence-corrected chi connectivity index (χ1v) is 11.4. The third kappa shape index (κ3) is 4.42. The van der Waals surface area contributed by atoms with E-state index in [0.29, 0.717) is 23.3 Å². The third-order valence-electron chi connectivity index (χ3n) is 5.37. The van der Waals surface area contributed by atoms with E-state index in [1.165, 1.54) is 17.3 Å². The van der Waals surface area contributed by atoms with Crippen LogP contribution in [-0.4, -0.2) is 39.5 Å². The van der Waals surface area contributed by atoms with E-state index in [1.807, 2.05) is 56.3 Å². The predicted octanol–water partition coefficient (Wildman–Crippen LogP) is 4.68. The van der Waals surface area contributed by atoms with E-state index in [4.69, 9.17) is 4.99 Å². The number of carbonyl (C=O) groups is 2. The lowest BCUT2D eigenvalue weighted by Gasteiger charge is -2.25. The molecule has 2 amide bonds. The number of carbonyl (C=O) groups excluding carboxylic acids is 2. The van der Waals surface area contributed by atoms with Crippen molar-refractivity contribution in [3.63, 3.8) is 0 Å². The second-order valence-corrected chi connectivity index (χ2v) is 9.26. The zero-order valence-electron chi connectivity index (χ0n) is 18.2. The molecule has 2 heterocycles. The van der Waals surface area contributed by atoms with Gasteiger partial charge in [-0.3, -0.25) is 14.6 Å². The molecule has 0 unspecified atom stereocenters. The second kappa shape index (κ2) is 8.67. The van der Waals surface area contributed by atoms with E-state index in [2.05, 4.69) is 24.2 Å². The van der Waals surface area contributed by atoms with Crippen LogP contribution in [0.4, 0.5) is 11.4 Å². The number of hydrogen-bond donors (Lipinski definition) is 1. The zero-order chi connectivity index (χ0) is 22.1. The SMILES string of the molecule is Cc1ccc(NC(=O)CSC2=Nc3ccccc3C3=N[C@@H](CC(C)C)C(=O)N23)cc1C. The normalized spacial score (nSPS) is 17.3. The Morgan fingerprint density at radius 3 is 2.68 bits per heavy atom. The van der Waals surface area contributed by atoms with Gasteiger partial charge in [0.15, 0.2) is 5.17 Å². The molecule has 0 saturated carbocycles. The Bertz CT molecular complexity index is 1110. The second-order valence-electron chi connectivity index (χ2n) is 8.32. The molecule has 2 aromatic carbocycles. The maximum absolute atomic E-state index is 13.1. The van der Waals surface area contributed by atoms with Crippen molar-refractivity contribution in [2.24, 2.45) is 15.9 Å². The van der Waals surface area contributed by atoms with Gasteiger partial charge < -0.3 is 5.32 Å². The summed E-state index contributed by atoms with van der Waals surface area (Å²) in [7, 11) is 0. The van der Waals surface area contributed by atoms with E-state index in [1.54, 1.807) is 4.90 Å². The molecule has 2 aromatic rings. The molecular formula is C24H26N4O2S. The number of anilines is 1. The van der Waals surface area contributed by atoms with Gasteiger partial charge in [0.1, 0.15) is 11.9 Å². The monoisotopic (exact) mass is 434 g/mol. The van der Waals surface area contributed by atoms with Crippen molar-refractivity contribution in [3.05, 3.63) is 59.2 Å². The molecule has 160 valence electrons. The molecule has 2 aliphatic rings. The Balaban J connectivity index is 1.53. The van der Waals surface area contributed by atoms with Crippen LogP contribution in [0.5, 0.6) is 0 Å². The van der Waals surface area contributed by atoms with Crippen LogP contribution >= 0.6 is 11.8 Å². The van der Waals surface area contributed by atoms with E-state index < -0.39 is 6.04 Å². The molecular weight excluding hydrogens is 408 g/mol. The number of para-hydroxylation sites is 1. The van der Waals surface area contributed by atoms with E-state index in [-0.39, 0.29) is 17.6 Å². The van der Waals surface area contributed by atoms with Crippen molar-refractivity contribution in [2.45, 2.75) is 40.2 Å². The number of aryl methyl sites for hydroxylation is 2. The van der Waals surface area contributed by atoms with Crippen molar-refractivity contribution in [3.8, 4) is 0 Å². The highest BCUT2D eigenvalue weighted by Gasteiger charge is 2.41. The minimum absolute atomic E-state index is 0.0704. The maximum atomic E-state index is 13.1. The van der Waals surface area contributed by atoms with Crippen molar-refractivity contribution in [1.82, 2.24) is 4.90 Å². The fraction of sp³-hybridized carbons (Fsp3) is 0.333. The molecule has 7 heteroatoms. The Morgan fingerprint density at radius 1 is 1.16 bits per heavy atom. The highest BCUT2D eigenvalue weighted by atomic mass is 32.2. The lowest BCUT2D eigenvalue weighted by molar-refractivity contribution is -0.125. The van der Waals surface area contributed by atoms with Crippen LogP contribution < -0.4 is 5.32 Å².